The van der Waals surface area contributed by atoms with Gasteiger partial charge in [-0.1, -0.05) is 282 Å². The van der Waals surface area contributed by atoms with E-state index in [2.05, 4.69) is 105 Å². The number of rotatable bonds is 10. The fraction of sp³-hybridized carbons (Fsp3) is 0.435. The summed E-state index contributed by atoms with van der Waals surface area (Å²) in [6.45, 7) is 40.4. The van der Waals surface area contributed by atoms with Crippen molar-refractivity contribution in [2.24, 2.45) is 0 Å². The van der Waals surface area contributed by atoms with Crippen LogP contribution in [0.3, 0.4) is 0 Å². The van der Waals surface area contributed by atoms with Crippen LogP contribution in [0.4, 0.5) is 0 Å². The minimum Gasteiger partial charge on any atom is -0.497 e. The van der Waals surface area contributed by atoms with Gasteiger partial charge in [0, 0.05) is 14.2 Å². The highest BCUT2D eigenvalue weighted by Crippen LogP contribution is 2.27. The van der Waals surface area contributed by atoms with Crippen LogP contribution in [0.1, 0.15) is 185 Å². The molecule has 0 radical (unpaired) electrons. The molecule has 0 saturated heterocycles. The molecule has 0 aliphatic rings. The lowest BCUT2D eigenvalue weighted by atomic mass is 10.0. The Kier molecular flexibility index (Phi) is 118. The van der Waals surface area contributed by atoms with E-state index in [1.807, 2.05) is 245 Å². The molecule has 8 aromatic rings. The Morgan fingerprint density at radius 1 is 0.191 bits per heavy atom. The Morgan fingerprint density at radius 2 is 0.287 bits per heavy atom. The first-order chi connectivity index (χ1) is 42.4. The first kappa shape index (κ1) is 120. The maximum Gasteiger partial charge on any atom is 0.127 e. The summed E-state index contributed by atoms with van der Waals surface area (Å²) in [6, 6.07) is 64.1. The topological polar surface area (TPSA) is 73.8 Å². The Labute approximate surface area is 590 Å². The van der Waals surface area contributed by atoms with Gasteiger partial charge in [0.25, 0.3) is 0 Å². The Morgan fingerprint density at radius 3 is 0.415 bits per heavy atom. The van der Waals surface area contributed by atoms with Crippen molar-refractivity contribution in [1.29, 1.82) is 0 Å². The molecule has 8 rings (SSSR count). The van der Waals surface area contributed by atoms with Crippen molar-refractivity contribution >= 4 is 11.8 Å². The molecule has 0 amide bonds. The quantitative estimate of drug-likeness (QED) is 0.133. The molecule has 9 heteroatoms. The molecule has 0 aliphatic heterocycles. The summed E-state index contributed by atoms with van der Waals surface area (Å²) in [5, 5.41) is 0. The van der Waals surface area contributed by atoms with Gasteiger partial charge >= 0.3 is 0 Å². The summed E-state index contributed by atoms with van der Waals surface area (Å²) in [4.78, 5) is 0. The van der Waals surface area contributed by atoms with Gasteiger partial charge in [-0.2, -0.15) is 11.8 Å². The molecule has 0 atom stereocenters. The number of aryl methyl sites for hydroxylation is 4. The third-order valence-electron chi connectivity index (χ3n) is 9.82. The second-order valence-corrected chi connectivity index (χ2v) is 16.3. The number of thioether (sulfide) groups is 1. The first-order valence-electron chi connectivity index (χ1n) is 30.8. The smallest absolute Gasteiger partial charge is 0.127 e. The highest BCUT2D eigenvalue weighted by atomic mass is 32.2. The molecule has 0 aliphatic carbocycles. The van der Waals surface area contributed by atoms with Gasteiger partial charge in [-0.05, 0) is 160 Å². The SMILES string of the molecule is C.C.C.C.C.C.C.CC.CC.CC.CC.CC.CC.CC.CC.COC.COc1ccc(-c2ccc(OC)cc2)cc1.COc1ccc(OC)cc1.COc1ccc(Oc2ccc(OC)cc2)cc1.CSC.Cc1ccc(-c2ccc(C)cc2)cc1.Cc1ccc(C)cc1. The monoisotopic (exact) mass is 1330 g/mol. The van der Waals surface area contributed by atoms with Crippen molar-refractivity contribution < 1.29 is 37.9 Å². The van der Waals surface area contributed by atoms with Crippen molar-refractivity contribution in [3.63, 3.8) is 0 Å². The Hall–Kier alpha value is -7.33. The van der Waals surface area contributed by atoms with Crippen LogP contribution in [0.15, 0.2) is 194 Å². The van der Waals surface area contributed by atoms with E-state index in [0.29, 0.717) is 0 Å². The van der Waals surface area contributed by atoms with Crippen molar-refractivity contribution in [3.05, 3.63) is 216 Å². The van der Waals surface area contributed by atoms with Gasteiger partial charge in [-0.3, -0.25) is 0 Å². The van der Waals surface area contributed by atoms with E-state index >= 15 is 0 Å². The van der Waals surface area contributed by atoms with Crippen LogP contribution in [0.25, 0.3) is 22.3 Å². The fourth-order valence-electron chi connectivity index (χ4n) is 5.83. The number of hydrogen-bond donors (Lipinski definition) is 0. The van der Waals surface area contributed by atoms with Crippen LogP contribution in [0, 0.1) is 27.7 Å². The van der Waals surface area contributed by atoms with E-state index in [9.17, 15) is 0 Å². The van der Waals surface area contributed by atoms with E-state index in [0.717, 1.165) is 46.0 Å². The largest absolute Gasteiger partial charge is 0.497 e. The zero-order chi connectivity index (χ0) is 68.2. The number of ether oxygens (including phenoxy) is 8. The number of hydrogen-bond acceptors (Lipinski definition) is 9. The van der Waals surface area contributed by atoms with Crippen LogP contribution in [-0.2, 0) is 4.74 Å². The second kappa shape index (κ2) is 92.1. The van der Waals surface area contributed by atoms with Crippen molar-refractivity contribution in [1.82, 2.24) is 0 Å². The lowest BCUT2D eigenvalue weighted by Gasteiger charge is -2.07. The summed E-state index contributed by atoms with van der Waals surface area (Å²) >= 11 is 1.75. The average Bonchev–Trinajstić information content (AvgIpc) is 1.93. The molecule has 0 saturated carbocycles. The molecule has 8 aromatic carbocycles. The molecular weight excluding hydrogens is 1180 g/mol. The fourth-order valence-corrected chi connectivity index (χ4v) is 5.83. The lowest BCUT2D eigenvalue weighted by Crippen LogP contribution is -1.86. The molecule has 8 nitrogen and oxygen atoms in total. The van der Waals surface area contributed by atoms with E-state index in [4.69, 9.17) is 33.2 Å². The lowest BCUT2D eigenvalue weighted by molar-refractivity contribution is 0.277. The normalized spacial score (nSPS) is 7.60. The Bertz CT molecular complexity index is 2350. The van der Waals surface area contributed by atoms with Crippen LogP contribution in [-0.4, -0.2) is 69.4 Å². The minimum atomic E-state index is 0. The summed E-state index contributed by atoms with van der Waals surface area (Å²) < 4.78 is 40.2. The van der Waals surface area contributed by atoms with Gasteiger partial charge in [-0.25, -0.2) is 0 Å². The Balaban J connectivity index is -0.0000000655. The van der Waals surface area contributed by atoms with E-state index in [1.165, 1.54) is 44.5 Å². The third kappa shape index (κ3) is 63.4. The molecule has 94 heavy (non-hydrogen) atoms. The van der Waals surface area contributed by atoms with Crippen LogP contribution >= 0.6 is 11.8 Å². The van der Waals surface area contributed by atoms with Gasteiger partial charge in [0.2, 0.25) is 0 Å². The first-order valence-corrected chi connectivity index (χ1v) is 32.4. The zero-order valence-electron chi connectivity index (χ0n) is 60.1. The summed E-state index contributed by atoms with van der Waals surface area (Å²) in [6.07, 6.45) is 4.08. The van der Waals surface area contributed by atoms with Crippen molar-refractivity contribution in [3.8, 4) is 68.2 Å². The third-order valence-corrected chi connectivity index (χ3v) is 9.82. The molecule has 0 heterocycles. The molecule has 0 bridgehead atoms. The highest BCUT2D eigenvalue weighted by molar-refractivity contribution is 7.97. The molecule has 0 N–H and O–H groups in total. The standard InChI is InChI=1S/C14H14O3.C14H14O2.C14H14.C8H10O2.C8H10.C2H6O.C2H6S.8C2H6.7CH4/c1-15-11-3-7-13(8-4-11)17-14-9-5-12(16-2)6-10-14;1-15-13-7-3-11(4-8-13)12-5-9-14(16-2)10-6-12;1-11-3-7-13(8-4-11)14-9-5-12(2)6-10-14;1-9-7-3-5-8(10-2)6-4-7;1-7-3-5-8(2)6-4-7;2*1-3-2;8*1-2;;;;;;;/h3-10H,1-2H3;3-10H,1-2H3;3-10H,1-2H3;3-6H,1-2H3;3-6H,1-2H3;2*1-2H3;8*1-2H3;7*1H4. The molecule has 544 valence electrons. The zero-order valence-corrected chi connectivity index (χ0v) is 61.0. The van der Waals surface area contributed by atoms with E-state index < -0.39 is 0 Å². The predicted octanol–water partition coefficient (Wildman–Crippen LogP) is 28.7. The van der Waals surface area contributed by atoms with Gasteiger partial charge in [-0.15, -0.1) is 0 Å². The van der Waals surface area contributed by atoms with Crippen molar-refractivity contribution in [2.75, 3.05) is 69.4 Å². The summed E-state index contributed by atoms with van der Waals surface area (Å²) in [5.41, 5.74) is 10.2. The van der Waals surface area contributed by atoms with Gasteiger partial charge in [0.1, 0.15) is 46.0 Å². The van der Waals surface area contributed by atoms with E-state index in [-0.39, 0.29) is 52.0 Å². The van der Waals surface area contributed by atoms with Crippen LogP contribution in [0.5, 0.6) is 46.0 Å². The second-order valence-electron chi connectivity index (χ2n) is 15.5. The predicted molar refractivity (Wildman–Crippen MR) is 438 cm³/mol. The maximum absolute atomic E-state index is 5.67. The summed E-state index contributed by atoms with van der Waals surface area (Å²) in [5.74, 6) is 6.61. The van der Waals surface area contributed by atoms with Crippen molar-refractivity contribution in [2.45, 2.75) is 190 Å². The maximum atomic E-state index is 5.67. The average molecular weight is 1330 g/mol. The van der Waals surface area contributed by atoms with Gasteiger partial charge in [0.15, 0.2) is 0 Å². The molecular formula is C85H150O8S. The van der Waals surface area contributed by atoms with Gasteiger partial charge < -0.3 is 37.9 Å². The van der Waals surface area contributed by atoms with Crippen LogP contribution < -0.4 is 33.2 Å². The molecule has 0 unspecified atom stereocenters. The highest BCUT2D eigenvalue weighted by Gasteiger charge is 2.01. The number of methoxy groups -OCH3 is 7. The molecule has 0 fully saturated rings. The summed E-state index contributed by atoms with van der Waals surface area (Å²) in [7, 11) is 13.1. The molecule has 0 spiro atoms. The number of benzene rings is 8. The van der Waals surface area contributed by atoms with Crippen LogP contribution in [0.2, 0.25) is 0 Å². The van der Waals surface area contributed by atoms with E-state index in [1.54, 1.807) is 68.6 Å². The molecule has 0 aromatic heterocycles. The van der Waals surface area contributed by atoms with Gasteiger partial charge in [0.05, 0.1) is 42.7 Å². The minimum absolute atomic E-state index is 0.